The number of thiazole rings is 1. The number of likely N-dealkylation sites (N-methyl/N-ethyl adjacent to an activating group) is 1. The van der Waals surface area contributed by atoms with Crippen LogP contribution in [0.15, 0.2) is 6.07 Å². The van der Waals surface area contributed by atoms with Crippen LogP contribution in [-0.4, -0.2) is 11.5 Å². The van der Waals surface area contributed by atoms with Gasteiger partial charge in [0.1, 0.15) is 0 Å². The van der Waals surface area contributed by atoms with Crippen LogP contribution in [0.4, 0.5) is 0 Å². The number of nitrogens with zero attached hydrogens (tertiary/aromatic N) is 1. The highest BCUT2D eigenvalue weighted by Gasteiger charge is 2.20. The van der Waals surface area contributed by atoms with E-state index in [1.807, 2.05) is 22.7 Å². The predicted molar refractivity (Wildman–Crippen MR) is 92.7 cm³/mol. The van der Waals surface area contributed by atoms with Gasteiger partial charge in [-0.3, -0.25) is 0 Å². The van der Waals surface area contributed by atoms with E-state index < -0.39 is 0 Å². The van der Waals surface area contributed by atoms with Gasteiger partial charge in [0.2, 0.25) is 0 Å². The Morgan fingerprint density at radius 3 is 2.71 bits per heavy atom. The van der Waals surface area contributed by atoms with Crippen LogP contribution < -0.4 is 5.32 Å². The molecule has 114 valence electrons. The summed E-state index contributed by atoms with van der Waals surface area (Å²) in [7, 11) is 0. The molecule has 0 radical (unpaired) electrons. The molecule has 1 N–H and O–H groups in total. The zero-order valence-electron chi connectivity index (χ0n) is 13.2. The molecule has 1 aliphatic carbocycles. The molecule has 0 saturated heterocycles. The molecule has 2 nitrogen and oxygen atoms in total. The summed E-state index contributed by atoms with van der Waals surface area (Å²) >= 11 is 3.88. The van der Waals surface area contributed by atoms with Crippen LogP contribution in [0.5, 0.6) is 0 Å². The lowest BCUT2D eigenvalue weighted by Crippen LogP contribution is -2.22. The van der Waals surface area contributed by atoms with Gasteiger partial charge >= 0.3 is 0 Å². The fourth-order valence-electron chi connectivity index (χ4n) is 3.01. The first-order valence-electron chi connectivity index (χ1n) is 7.95. The third-order valence-electron chi connectivity index (χ3n) is 4.26. The number of fused-ring (bicyclic) bond motifs is 1. The summed E-state index contributed by atoms with van der Waals surface area (Å²) in [6, 6.07) is 2.88. The summed E-state index contributed by atoms with van der Waals surface area (Å²) in [5.74, 6) is 0. The van der Waals surface area contributed by atoms with Crippen molar-refractivity contribution in [3.63, 3.8) is 0 Å². The predicted octanol–water partition coefficient (Wildman–Crippen LogP) is 4.59. The van der Waals surface area contributed by atoms with Crippen LogP contribution in [0, 0.1) is 13.8 Å². The highest BCUT2D eigenvalue weighted by molar-refractivity contribution is 7.12. The second kappa shape index (κ2) is 6.59. The number of hydrogen-bond acceptors (Lipinski definition) is 4. The number of thiophene rings is 1. The zero-order valence-corrected chi connectivity index (χ0v) is 14.8. The van der Waals surface area contributed by atoms with Gasteiger partial charge in [-0.1, -0.05) is 6.92 Å². The highest BCUT2D eigenvalue weighted by atomic mass is 32.1. The molecule has 21 heavy (non-hydrogen) atoms. The summed E-state index contributed by atoms with van der Waals surface area (Å²) in [6.45, 7) is 7.49. The van der Waals surface area contributed by atoms with Gasteiger partial charge < -0.3 is 5.32 Å². The second-order valence-electron chi connectivity index (χ2n) is 5.87. The molecule has 1 unspecified atom stereocenters. The first-order valence-corrected chi connectivity index (χ1v) is 9.58. The van der Waals surface area contributed by atoms with Crippen molar-refractivity contribution in [2.75, 3.05) is 6.54 Å². The molecule has 3 rings (SSSR count). The third-order valence-corrected chi connectivity index (χ3v) is 6.71. The maximum atomic E-state index is 4.72. The number of nitrogens with one attached hydrogen (secondary N) is 1. The molecule has 0 aliphatic heterocycles. The van der Waals surface area contributed by atoms with Gasteiger partial charge in [-0.25, -0.2) is 4.98 Å². The molecule has 0 bridgehead atoms. The molecular formula is C17H24N2S2. The van der Waals surface area contributed by atoms with Crippen molar-refractivity contribution in [2.24, 2.45) is 0 Å². The molecule has 0 amide bonds. The first kappa shape index (κ1) is 15.2. The second-order valence-corrected chi connectivity index (χ2v) is 8.32. The summed E-state index contributed by atoms with van der Waals surface area (Å²) in [5, 5.41) is 4.93. The van der Waals surface area contributed by atoms with E-state index in [1.165, 1.54) is 46.1 Å². The van der Waals surface area contributed by atoms with Crippen LogP contribution in [-0.2, 0) is 19.3 Å². The molecule has 0 fully saturated rings. The molecule has 2 heterocycles. The number of aryl methyl sites for hydroxylation is 4. The van der Waals surface area contributed by atoms with E-state index in [1.54, 1.807) is 10.4 Å². The molecule has 1 aliphatic rings. The quantitative estimate of drug-likeness (QED) is 0.871. The van der Waals surface area contributed by atoms with Gasteiger partial charge in [0.25, 0.3) is 0 Å². The summed E-state index contributed by atoms with van der Waals surface area (Å²) in [5.41, 5.74) is 2.80. The summed E-state index contributed by atoms with van der Waals surface area (Å²) < 4.78 is 0. The lowest BCUT2D eigenvalue weighted by molar-refractivity contribution is 0.556. The maximum absolute atomic E-state index is 4.72. The van der Waals surface area contributed by atoms with Crippen molar-refractivity contribution in [1.82, 2.24) is 10.3 Å². The fraction of sp³-hybridized carbons (Fsp3) is 0.588. The third kappa shape index (κ3) is 3.38. The van der Waals surface area contributed by atoms with Gasteiger partial charge in [0.15, 0.2) is 0 Å². The van der Waals surface area contributed by atoms with E-state index in [-0.39, 0.29) is 0 Å². The average Bonchev–Trinajstić information content (AvgIpc) is 3.02. The summed E-state index contributed by atoms with van der Waals surface area (Å²) in [6.07, 6.45) is 6.31. The summed E-state index contributed by atoms with van der Waals surface area (Å²) in [4.78, 5) is 9.21. The topological polar surface area (TPSA) is 24.9 Å². The van der Waals surface area contributed by atoms with Crippen molar-refractivity contribution in [3.8, 4) is 0 Å². The zero-order chi connectivity index (χ0) is 14.8. The van der Waals surface area contributed by atoms with Crippen molar-refractivity contribution in [1.29, 1.82) is 0 Å². The van der Waals surface area contributed by atoms with Gasteiger partial charge in [0.05, 0.1) is 10.7 Å². The molecule has 0 saturated carbocycles. The minimum Gasteiger partial charge on any atom is -0.309 e. The largest absolute Gasteiger partial charge is 0.309 e. The monoisotopic (exact) mass is 320 g/mol. The van der Waals surface area contributed by atoms with E-state index in [0.29, 0.717) is 6.04 Å². The molecule has 0 spiro atoms. The Hall–Kier alpha value is -0.710. The van der Waals surface area contributed by atoms with E-state index in [9.17, 15) is 0 Å². The van der Waals surface area contributed by atoms with Crippen molar-refractivity contribution in [3.05, 3.63) is 37.0 Å². The van der Waals surface area contributed by atoms with Crippen molar-refractivity contribution in [2.45, 2.75) is 58.9 Å². The number of hydrogen-bond donors (Lipinski definition) is 1. The Kier molecular flexibility index (Phi) is 4.77. The molecule has 2 aromatic heterocycles. The van der Waals surface area contributed by atoms with E-state index in [2.05, 4.69) is 32.2 Å². The van der Waals surface area contributed by atoms with Gasteiger partial charge in [-0.15, -0.1) is 22.7 Å². The molecule has 2 aromatic rings. The van der Waals surface area contributed by atoms with Gasteiger partial charge in [-0.2, -0.15) is 0 Å². The number of aromatic nitrogens is 1. The number of rotatable bonds is 5. The van der Waals surface area contributed by atoms with E-state index in [0.717, 1.165) is 13.0 Å². The van der Waals surface area contributed by atoms with Gasteiger partial charge in [-0.05, 0) is 57.7 Å². The van der Waals surface area contributed by atoms with Crippen LogP contribution in [0.3, 0.4) is 0 Å². The van der Waals surface area contributed by atoms with E-state index in [4.69, 9.17) is 4.98 Å². The maximum Gasteiger partial charge on any atom is 0.0950 e. The minimum atomic E-state index is 0.426. The highest BCUT2D eigenvalue weighted by Crippen LogP contribution is 2.34. The normalized spacial score (nSPS) is 16.0. The van der Waals surface area contributed by atoms with Crippen LogP contribution in [0.25, 0.3) is 0 Å². The lowest BCUT2D eigenvalue weighted by Gasteiger charge is -2.14. The van der Waals surface area contributed by atoms with E-state index >= 15 is 0 Å². The standard InChI is InChI=1S/C17H24N2S2/c1-4-18-14(10-17-19-11(2)12(3)20-17)16-9-13-7-5-6-8-15(13)21-16/h9,14,18H,4-8,10H2,1-3H3. The Labute approximate surface area is 135 Å². The Balaban J connectivity index is 1.81. The van der Waals surface area contributed by atoms with Gasteiger partial charge in [0, 0.05) is 27.1 Å². The lowest BCUT2D eigenvalue weighted by atomic mass is 9.98. The smallest absolute Gasteiger partial charge is 0.0950 e. The Morgan fingerprint density at radius 1 is 1.24 bits per heavy atom. The fourth-order valence-corrected chi connectivity index (χ4v) is 5.32. The molecule has 1 atom stereocenters. The SMILES string of the molecule is CCNC(Cc1nc(C)c(C)s1)c1cc2c(s1)CCCC2. The molecule has 4 heteroatoms. The molecular weight excluding hydrogens is 296 g/mol. The van der Waals surface area contributed by atoms with Crippen molar-refractivity contribution < 1.29 is 0 Å². The Morgan fingerprint density at radius 2 is 2.05 bits per heavy atom. The van der Waals surface area contributed by atoms with Crippen LogP contribution >= 0.6 is 22.7 Å². The minimum absolute atomic E-state index is 0.426. The van der Waals surface area contributed by atoms with Crippen LogP contribution in [0.2, 0.25) is 0 Å². The molecule has 0 aromatic carbocycles. The van der Waals surface area contributed by atoms with Crippen LogP contribution in [0.1, 0.15) is 56.7 Å². The first-order chi connectivity index (χ1) is 10.2. The Bertz CT molecular complexity index is 569. The van der Waals surface area contributed by atoms with Crippen molar-refractivity contribution >= 4 is 22.7 Å². The average molecular weight is 321 g/mol.